The van der Waals surface area contributed by atoms with Crippen LogP contribution in [0.5, 0.6) is 0 Å². The third-order valence-corrected chi connectivity index (χ3v) is 3.52. The average Bonchev–Trinajstić information content (AvgIpc) is 2.98. The molecular weight excluding hydrogens is 405 g/mol. The molecule has 0 radical (unpaired) electrons. The fourth-order valence-electron chi connectivity index (χ4n) is 2.05. The van der Waals surface area contributed by atoms with Crippen molar-refractivity contribution in [1.82, 2.24) is 20.7 Å². The number of nitrogens with one attached hydrogen (secondary N) is 2. The van der Waals surface area contributed by atoms with Crippen LogP contribution in [0.25, 0.3) is 0 Å². The number of nitrogens with zero attached hydrogens (tertiary/aromatic N) is 3. The highest BCUT2D eigenvalue weighted by Gasteiger charge is 2.07. The number of hydrogen-bond donors (Lipinski definition) is 2. The third-order valence-electron chi connectivity index (χ3n) is 3.52. The highest BCUT2D eigenvalue weighted by atomic mass is 127. The number of guanidine groups is 1. The second-order valence-electron chi connectivity index (χ2n) is 5.52. The van der Waals surface area contributed by atoms with Crippen LogP contribution >= 0.6 is 24.0 Å². The summed E-state index contributed by atoms with van der Waals surface area (Å²) in [4.78, 5) is 6.92. The fraction of sp³-hybridized carbons (Fsp3) is 0.750. The lowest BCUT2D eigenvalue weighted by molar-refractivity contribution is 0.308. The summed E-state index contributed by atoms with van der Waals surface area (Å²) in [5, 5.41) is 10.7. The number of aromatic nitrogens is 1. The SMILES string of the molecule is CCNC(=NCc1cc(C(C)C)no1)NCCN(CC)CC.I. The Labute approximate surface area is 157 Å². The molecule has 0 aliphatic heterocycles. The summed E-state index contributed by atoms with van der Waals surface area (Å²) < 4.78 is 5.31. The van der Waals surface area contributed by atoms with Crippen molar-refractivity contribution in [2.24, 2.45) is 4.99 Å². The van der Waals surface area contributed by atoms with E-state index in [2.05, 4.69) is 60.3 Å². The van der Waals surface area contributed by atoms with Crippen molar-refractivity contribution >= 4 is 29.9 Å². The van der Waals surface area contributed by atoms with Crippen LogP contribution in [0.15, 0.2) is 15.6 Å². The molecule has 1 heterocycles. The maximum absolute atomic E-state index is 5.31. The molecule has 2 N–H and O–H groups in total. The lowest BCUT2D eigenvalue weighted by Gasteiger charge is -2.19. The average molecular weight is 437 g/mol. The largest absolute Gasteiger partial charge is 0.359 e. The van der Waals surface area contributed by atoms with Crippen molar-refractivity contribution in [3.8, 4) is 0 Å². The Morgan fingerprint density at radius 3 is 2.48 bits per heavy atom. The van der Waals surface area contributed by atoms with Crippen LogP contribution < -0.4 is 10.6 Å². The Kier molecular flexibility index (Phi) is 12.1. The number of aliphatic imine (C=N–C) groups is 1. The minimum atomic E-state index is 0. The smallest absolute Gasteiger partial charge is 0.191 e. The number of rotatable bonds is 9. The van der Waals surface area contributed by atoms with Gasteiger partial charge in [-0.1, -0.05) is 32.9 Å². The summed E-state index contributed by atoms with van der Waals surface area (Å²) >= 11 is 0. The second kappa shape index (κ2) is 12.6. The van der Waals surface area contributed by atoms with Crippen LogP contribution in [0.1, 0.15) is 52.0 Å². The first kappa shape index (κ1) is 22.2. The molecule has 0 spiro atoms. The van der Waals surface area contributed by atoms with Gasteiger partial charge < -0.3 is 20.1 Å². The third kappa shape index (κ3) is 8.55. The van der Waals surface area contributed by atoms with Crippen molar-refractivity contribution in [3.63, 3.8) is 0 Å². The van der Waals surface area contributed by atoms with Crippen LogP contribution in [0.4, 0.5) is 0 Å². The quantitative estimate of drug-likeness (QED) is 0.354. The number of hydrogen-bond acceptors (Lipinski definition) is 4. The normalized spacial score (nSPS) is 11.7. The van der Waals surface area contributed by atoms with Gasteiger partial charge in [-0.3, -0.25) is 0 Å². The topological polar surface area (TPSA) is 65.7 Å². The minimum absolute atomic E-state index is 0. The molecule has 0 aromatic carbocycles. The van der Waals surface area contributed by atoms with E-state index in [1.54, 1.807) is 0 Å². The van der Waals surface area contributed by atoms with Crippen molar-refractivity contribution in [1.29, 1.82) is 0 Å². The summed E-state index contributed by atoms with van der Waals surface area (Å²) in [6, 6.07) is 1.98. The van der Waals surface area contributed by atoms with E-state index in [-0.39, 0.29) is 24.0 Å². The first-order valence-electron chi connectivity index (χ1n) is 8.30. The van der Waals surface area contributed by atoms with E-state index in [0.717, 1.165) is 50.1 Å². The van der Waals surface area contributed by atoms with Gasteiger partial charge in [-0.25, -0.2) is 4.99 Å². The van der Waals surface area contributed by atoms with Gasteiger partial charge in [-0.05, 0) is 25.9 Å². The van der Waals surface area contributed by atoms with Crippen LogP contribution in [0, 0.1) is 0 Å². The molecule has 0 aliphatic rings. The molecule has 0 fully saturated rings. The molecule has 1 aromatic rings. The number of halogens is 1. The van der Waals surface area contributed by atoms with Crippen LogP contribution in [0.3, 0.4) is 0 Å². The maximum Gasteiger partial charge on any atom is 0.191 e. The molecule has 6 nitrogen and oxygen atoms in total. The molecule has 7 heteroatoms. The van der Waals surface area contributed by atoms with Crippen LogP contribution in [0.2, 0.25) is 0 Å². The van der Waals surface area contributed by atoms with Crippen molar-refractivity contribution in [2.75, 3.05) is 32.7 Å². The van der Waals surface area contributed by atoms with Crippen LogP contribution in [-0.4, -0.2) is 48.7 Å². The van der Waals surface area contributed by atoms with Crippen molar-refractivity contribution in [2.45, 2.75) is 47.1 Å². The molecule has 1 rings (SSSR count). The Morgan fingerprint density at radius 2 is 1.96 bits per heavy atom. The summed E-state index contributed by atoms with van der Waals surface area (Å²) in [6.07, 6.45) is 0. The monoisotopic (exact) mass is 437 g/mol. The highest BCUT2D eigenvalue weighted by Crippen LogP contribution is 2.14. The van der Waals surface area contributed by atoms with Crippen molar-refractivity contribution in [3.05, 3.63) is 17.5 Å². The molecular formula is C16H32IN5O. The molecule has 134 valence electrons. The van der Waals surface area contributed by atoms with E-state index in [4.69, 9.17) is 4.52 Å². The molecule has 0 amide bonds. The molecule has 23 heavy (non-hydrogen) atoms. The number of likely N-dealkylation sites (N-methyl/N-ethyl adjacent to an activating group) is 1. The van der Waals surface area contributed by atoms with Gasteiger partial charge in [0.05, 0.1) is 5.69 Å². The molecule has 0 unspecified atom stereocenters. The Bertz CT molecular complexity index is 443. The molecule has 1 aromatic heterocycles. The molecule has 0 saturated carbocycles. The summed E-state index contributed by atoms with van der Waals surface area (Å²) in [5.41, 5.74) is 0.977. The van der Waals surface area contributed by atoms with Crippen molar-refractivity contribution < 1.29 is 4.52 Å². The maximum atomic E-state index is 5.31. The van der Waals surface area contributed by atoms with Crippen LogP contribution in [-0.2, 0) is 6.54 Å². The van der Waals surface area contributed by atoms with Gasteiger partial charge in [-0.2, -0.15) is 0 Å². The summed E-state index contributed by atoms with van der Waals surface area (Å²) in [5.74, 6) is 1.99. The van der Waals surface area contributed by atoms with Gasteiger partial charge in [0.2, 0.25) is 0 Å². The predicted molar refractivity (Wildman–Crippen MR) is 107 cm³/mol. The van der Waals surface area contributed by atoms with Gasteiger partial charge in [0.25, 0.3) is 0 Å². The van der Waals surface area contributed by atoms with E-state index in [1.807, 2.05) is 6.07 Å². The van der Waals surface area contributed by atoms with Gasteiger partial charge in [0.15, 0.2) is 11.7 Å². The van der Waals surface area contributed by atoms with Gasteiger partial charge in [0, 0.05) is 25.7 Å². The second-order valence-corrected chi connectivity index (χ2v) is 5.52. The lowest BCUT2D eigenvalue weighted by Crippen LogP contribution is -2.41. The lowest BCUT2D eigenvalue weighted by atomic mass is 10.1. The van der Waals surface area contributed by atoms with E-state index in [1.165, 1.54) is 0 Å². The summed E-state index contributed by atoms with van der Waals surface area (Å²) in [7, 11) is 0. The predicted octanol–water partition coefficient (Wildman–Crippen LogP) is 2.81. The minimum Gasteiger partial charge on any atom is -0.359 e. The van der Waals surface area contributed by atoms with E-state index in [0.29, 0.717) is 12.5 Å². The van der Waals surface area contributed by atoms with Gasteiger partial charge >= 0.3 is 0 Å². The van der Waals surface area contributed by atoms with Gasteiger partial charge in [0.1, 0.15) is 6.54 Å². The highest BCUT2D eigenvalue weighted by molar-refractivity contribution is 14.0. The van der Waals surface area contributed by atoms with E-state index < -0.39 is 0 Å². The summed E-state index contributed by atoms with van der Waals surface area (Å²) in [6.45, 7) is 16.0. The standard InChI is InChI=1S/C16H31N5O.HI/c1-6-17-16(18-9-10-21(7-2)8-3)19-12-14-11-15(13(4)5)20-22-14;/h11,13H,6-10,12H2,1-5H3,(H2,17,18,19);1H. The van der Waals surface area contributed by atoms with E-state index in [9.17, 15) is 0 Å². The fourth-order valence-corrected chi connectivity index (χ4v) is 2.05. The van der Waals surface area contributed by atoms with Gasteiger partial charge in [-0.15, -0.1) is 24.0 Å². The Hall–Kier alpha value is -0.830. The first-order chi connectivity index (χ1) is 10.6. The molecule has 0 saturated heterocycles. The molecule has 0 aliphatic carbocycles. The zero-order valence-electron chi connectivity index (χ0n) is 15.1. The Morgan fingerprint density at radius 1 is 1.26 bits per heavy atom. The Balaban J connectivity index is 0.00000484. The molecule has 0 bridgehead atoms. The zero-order valence-corrected chi connectivity index (χ0v) is 17.4. The zero-order chi connectivity index (χ0) is 16.4. The molecule has 0 atom stereocenters. The first-order valence-corrected chi connectivity index (χ1v) is 8.30. The van der Waals surface area contributed by atoms with E-state index >= 15 is 0 Å².